The van der Waals surface area contributed by atoms with Gasteiger partial charge in [0.1, 0.15) is 0 Å². The summed E-state index contributed by atoms with van der Waals surface area (Å²) < 4.78 is 0. The van der Waals surface area contributed by atoms with Crippen molar-refractivity contribution < 1.29 is 0 Å². The Balaban J connectivity index is 1.22. The summed E-state index contributed by atoms with van der Waals surface area (Å²) in [6.07, 6.45) is 3.26. The molecular formula is C49H45N5. The molecule has 3 atom stereocenters. The number of hydrogen-bond acceptors (Lipinski definition) is 5. The monoisotopic (exact) mass is 703 g/mol. The van der Waals surface area contributed by atoms with Gasteiger partial charge in [0.05, 0.1) is 29.6 Å². The second-order valence-corrected chi connectivity index (χ2v) is 15.1. The Morgan fingerprint density at radius 3 is 1.70 bits per heavy atom. The Bertz CT molecular complexity index is 2520. The molecule has 2 unspecified atom stereocenters. The standard InChI is InChI=1S/C49H45N5/c1-49(2,3)40-24-22-33(23-25-40)38-28-37(29-39(30-38)45(50)47(34-12-6-4-7-13-34)54-48(51)36-14-8-5-9-15-36)32-18-20-35(21-19-32)46-43-17-11-10-16-41(43)42-26-27-52-31-44(42)53-46/h4-31,45,47-48,54H,50-51H2,1-3H3/t45-,47?,48?/m0/s1. The van der Waals surface area contributed by atoms with Crippen molar-refractivity contribution in [2.24, 2.45) is 11.5 Å². The molecule has 2 heterocycles. The average molecular weight is 704 g/mol. The van der Waals surface area contributed by atoms with Crippen LogP contribution < -0.4 is 16.8 Å². The van der Waals surface area contributed by atoms with Crippen LogP contribution in [0, 0.1) is 0 Å². The molecule has 0 fully saturated rings. The summed E-state index contributed by atoms with van der Waals surface area (Å²) in [6.45, 7) is 6.73. The van der Waals surface area contributed by atoms with Gasteiger partial charge in [0.2, 0.25) is 0 Å². The summed E-state index contributed by atoms with van der Waals surface area (Å²) >= 11 is 0. The lowest BCUT2D eigenvalue weighted by molar-refractivity contribution is 0.398. The number of benzene rings is 6. The third-order valence-electron chi connectivity index (χ3n) is 10.5. The first-order valence-electron chi connectivity index (χ1n) is 18.6. The van der Waals surface area contributed by atoms with Crippen LogP contribution in [-0.4, -0.2) is 9.97 Å². The van der Waals surface area contributed by atoms with E-state index in [2.05, 4.69) is 146 Å². The first kappa shape index (κ1) is 35.1. The summed E-state index contributed by atoms with van der Waals surface area (Å²) in [6, 6.07) is 54.7. The molecule has 8 aromatic rings. The SMILES string of the molecule is CC(C)(C)c1ccc(-c2cc(-c3ccc(-c4nc5cnccc5c5ccccc45)cc3)cc([C@H](N)C(NC(N)c3ccccc3)c3ccccc3)c2)cc1. The number of pyridine rings is 2. The lowest BCUT2D eigenvalue weighted by atomic mass is 9.85. The molecule has 266 valence electrons. The van der Waals surface area contributed by atoms with Crippen LogP contribution in [0.3, 0.4) is 0 Å². The molecule has 0 saturated carbocycles. The van der Waals surface area contributed by atoms with Gasteiger partial charge in [0.25, 0.3) is 0 Å². The Morgan fingerprint density at radius 1 is 0.519 bits per heavy atom. The van der Waals surface area contributed by atoms with Crippen LogP contribution in [0.15, 0.2) is 170 Å². The molecule has 0 amide bonds. The summed E-state index contributed by atoms with van der Waals surface area (Å²) in [7, 11) is 0. The van der Waals surface area contributed by atoms with Crippen molar-refractivity contribution in [2.45, 2.75) is 44.4 Å². The van der Waals surface area contributed by atoms with Gasteiger partial charge >= 0.3 is 0 Å². The molecule has 5 N–H and O–H groups in total. The number of nitrogens with one attached hydrogen (secondary N) is 1. The van der Waals surface area contributed by atoms with Crippen molar-refractivity contribution in [1.29, 1.82) is 0 Å². The highest BCUT2D eigenvalue weighted by Gasteiger charge is 2.25. The van der Waals surface area contributed by atoms with Crippen LogP contribution in [0.25, 0.3) is 55.2 Å². The van der Waals surface area contributed by atoms with E-state index in [-0.39, 0.29) is 11.5 Å². The molecule has 0 aliphatic rings. The zero-order valence-corrected chi connectivity index (χ0v) is 30.9. The minimum absolute atomic E-state index is 0.0590. The van der Waals surface area contributed by atoms with Gasteiger partial charge in [-0.15, -0.1) is 0 Å². The van der Waals surface area contributed by atoms with E-state index in [0.29, 0.717) is 0 Å². The zero-order valence-electron chi connectivity index (χ0n) is 30.9. The predicted octanol–water partition coefficient (Wildman–Crippen LogP) is 11.1. The molecule has 54 heavy (non-hydrogen) atoms. The number of aromatic nitrogens is 2. The zero-order chi connectivity index (χ0) is 37.2. The van der Waals surface area contributed by atoms with Gasteiger partial charge in [-0.3, -0.25) is 10.3 Å². The Hall–Kier alpha value is -5.98. The van der Waals surface area contributed by atoms with Crippen molar-refractivity contribution in [3.05, 3.63) is 192 Å². The van der Waals surface area contributed by atoms with E-state index >= 15 is 0 Å². The topological polar surface area (TPSA) is 89.8 Å². The lowest BCUT2D eigenvalue weighted by Gasteiger charge is -2.30. The minimum Gasteiger partial charge on any atom is -0.322 e. The van der Waals surface area contributed by atoms with Crippen LogP contribution in [0.2, 0.25) is 0 Å². The van der Waals surface area contributed by atoms with Crippen molar-refractivity contribution >= 4 is 21.7 Å². The fourth-order valence-electron chi connectivity index (χ4n) is 7.40. The van der Waals surface area contributed by atoms with E-state index in [4.69, 9.17) is 16.5 Å². The molecule has 0 radical (unpaired) electrons. The fraction of sp³-hybridized carbons (Fsp3) is 0.143. The molecule has 0 bridgehead atoms. The molecule has 0 saturated heterocycles. The van der Waals surface area contributed by atoms with Crippen molar-refractivity contribution in [1.82, 2.24) is 15.3 Å². The Morgan fingerprint density at radius 2 is 1.07 bits per heavy atom. The molecule has 5 nitrogen and oxygen atoms in total. The number of nitrogens with two attached hydrogens (primary N) is 2. The third kappa shape index (κ3) is 7.17. The fourth-order valence-corrected chi connectivity index (χ4v) is 7.40. The highest BCUT2D eigenvalue weighted by molar-refractivity contribution is 6.10. The maximum Gasteiger partial charge on any atom is 0.0899 e. The van der Waals surface area contributed by atoms with Crippen molar-refractivity contribution in [2.75, 3.05) is 0 Å². The van der Waals surface area contributed by atoms with Crippen molar-refractivity contribution in [3.8, 4) is 33.5 Å². The summed E-state index contributed by atoms with van der Waals surface area (Å²) in [5.74, 6) is 0. The van der Waals surface area contributed by atoms with E-state index < -0.39 is 12.2 Å². The van der Waals surface area contributed by atoms with Crippen LogP contribution in [0.1, 0.15) is 61.3 Å². The molecule has 5 heteroatoms. The first-order chi connectivity index (χ1) is 26.2. The van der Waals surface area contributed by atoms with E-state index in [1.807, 2.05) is 54.9 Å². The number of hydrogen-bond donors (Lipinski definition) is 3. The smallest absolute Gasteiger partial charge is 0.0899 e. The minimum atomic E-state index is -0.407. The van der Waals surface area contributed by atoms with E-state index in [1.54, 1.807) is 0 Å². The summed E-state index contributed by atoms with van der Waals surface area (Å²) in [5, 5.41) is 7.07. The maximum absolute atomic E-state index is 7.34. The van der Waals surface area contributed by atoms with Crippen LogP contribution >= 0.6 is 0 Å². The summed E-state index contributed by atoms with van der Waals surface area (Å²) in [5.41, 5.74) is 25.9. The predicted molar refractivity (Wildman–Crippen MR) is 225 cm³/mol. The van der Waals surface area contributed by atoms with Crippen LogP contribution in [-0.2, 0) is 5.41 Å². The van der Waals surface area contributed by atoms with Gasteiger partial charge in [-0.05, 0) is 79.6 Å². The molecular weight excluding hydrogens is 659 g/mol. The quantitative estimate of drug-likeness (QED) is 0.103. The van der Waals surface area contributed by atoms with Crippen molar-refractivity contribution in [3.63, 3.8) is 0 Å². The largest absolute Gasteiger partial charge is 0.322 e. The molecule has 6 aromatic carbocycles. The van der Waals surface area contributed by atoms with Gasteiger partial charge in [0, 0.05) is 28.6 Å². The highest BCUT2D eigenvalue weighted by Crippen LogP contribution is 2.38. The normalized spacial score (nSPS) is 13.5. The molecule has 2 aromatic heterocycles. The average Bonchev–Trinajstić information content (AvgIpc) is 3.22. The van der Waals surface area contributed by atoms with Gasteiger partial charge in [-0.1, -0.05) is 154 Å². The van der Waals surface area contributed by atoms with Gasteiger partial charge in [0.15, 0.2) is 0 Å². The number of nitrogens with zero attached hydrogens (tertiary/aromatic N) is 2. The van der Waals surface area contributed by atoms with E-state index in [9.17, 15) is 0 Å². The lowest BCUT2D eigenvalue weighted by Crippen LogP contribution is -2.38. The van der Waals surface area contributed by atoms with Crippen LogP contribution in [0.5, 0.6) is 0 Å². The second-order valence-electron chi connectivity index (χ2n) is 15.1. The van der Waals surface area contributed by atoms with E-state index in [1.165, 1.54) is 10.9 Å². The van der Waals surface area contributed by atoms with Gasteiger partial charge in [-0.2, -0.15) is 0 Å². The number of rotatable bonds is 9. The van der Waals surface area contributed by atoms with E-state index in [0.717, 1.165) is 66.5 Å². The van der Waals surface area contributed by atoms with Gasteiger partial charge in [-0.25, -0.2) is 4.98 Å². The van der Waals surface area contributed by atoms with Gasteiger partial charge < -0.3 is 11.5 Å². The Kier molecular flexibility index (Phi) is 9.61. The molecule has 8 rings (SSSR count). The molecule has 0 aliphatic heterocycles. The first-order valence-corrected chi connectivity index (χ1v) is 18.6. The molecule has 0 spiro atoms. The summed E-state index contributed by atoms with van der Waals surface area (Å²) in [4.78, 5) is 9.45. The Labute approximate surface area is 317 Å². The maximum atomic E-state index is 7.34. The molecule has 0 aliphatic carbocycles. The number of fused-ring (bicyclic) bond motifs is 3. The highest BCUT2D eigenvalue weighted by atomic mass is 15.1. The second kappa shape index (κ2) is 14.8. The van der Waals surface area contributed by atoms with Crippen LogP contribution in [0.4, 0.5) is 0 Å². The third-order valence-corrected chi connectivity index (χ3v) is 10.5.